The van der Waals surface area contributed by atoms with Crippen molar-refractivity contribution >= 4 is 23.2 Å². The fraction of sp³-hybridized carbons (Fsp3) is 0.267. The van der Waals surface area contributed by atoms with Crippen LogP contribution in [0.15, 0.2) is 36.5 Å². The third-order valence-corrected chi connectivity index (χ3v) is 3.84. The molecule has 1 heterocycles. The summed E-state index contributed by atoms with van der Waals surface area (Å²) < 4.78 is 0. The lowest BCUT2D eigenvalue weighted by atomic mass is 9.99. The molecule has 100 valence electrons. The first-order chi connectivity index (χ1) is 9.11. The quantitative estimate of drug-likeness (QED) is 0.918. The van der Waals surface area contributed by atoms with Crippen molar-refractivity contribution in [2.45, 2.75) is 25.8 Å². The van der Waals surface area contributed by atoms with Crippen molar-refractivity contribution in [2.24, 2.45) is 5.73 Å². The van der Waals surface area contributed by atoms with Crippen LogP contribution in [0, 0.1) is 0 Å². The van der Waals surface area contributed by atoms with E-state index in [1.54, 1.807) is 12.3 Å². The summed E-state index contributed by atoms with van der Waals surface area (Å²) in [5, 5.41) is 1.12. The highest BCUT2D eigenvalue weighted by Gasteiger charge is 2.12. The molecule has 2 N–H and O–H groups in total. The summed E-state index contributed by atoms with van der Waals surface area (Å²) >= 11 is 11.9. The maximum Gasteiger partial charge on any atom is 0.0606 e. The molecule has 0 aliphatic carbocycles. The highest BCUT2D eigenvalue weighted by atomic mass is 35.5. The van der Waals surface area contributed by atoms with Gasteiger partial charge in [0, 0.05) is 6.20 Å². The first-order valence-corrected chi connectivity index (χ1v) is 7.00. The third-order valence-electron chi connectivity index (χ3n) is 3.10. The second-order valence-corrected chi connectivity index (χ2v) is 5.27. The molecule has 1 aromatic heterocycles. The number of pyridine rings is 1. The highest BCUT2D eigenvalue weighted by Crippen LogP contribution is 2.25. The lowest BCUT2D eigenvalue weighted by Gasteiger charge is -2.15. The van der Waals surface area contributed by atoms with Crippen molar-refractivity contribution in [3.05, 3.63) is 63.4 Å². The SMILES string of the molecule is CCc1cccnc1C(N)Cc1ccc(Cl)c(Cl)c1. The summed E-state index contributed by atoms with van der Waals surface area (Å²) in [6, 6.07) is 9.48. The molecule has 1 unspecified atom stereocenters. The first kappa shape index (κ1) is 14.3. The topological polar surface area (TPSA) is 38.9 Å². The summed E-state index contributed by atoms with van der Waals surface area (Å²) in [5.74, 6) is 0. The van der Waals surface area contributed by atoms with E-state index in [9.17, 15) is 0 Å². The standard InChI is InChI=1S/C15H16Cl2N2/c1-2-11-4-3-7-19-15(11)14(18)9-10-5-6-12(16)13(17)8-10/h3-8,14H,2,9,18H2,1H3. The average molecular weight is 295 g/mol. The van der Waals surface area contributed by atoms with Crippen LogP contribution in [0.4, 0.5) is 0 Å². The van der Waals surface area contributed by atoms with Crippen LogP contribution in [0.25, 0.3) is 0 Å². The van der Waals surface area contributed by atoms with Crippen LogP contribution in [0.2, 0.25) is 10.0 Å². The van der Waals surface area contributed by atoms with Crippen molar-refractivity contribution in [3.63, 3.8) is 0 Å². The fourth-order valence-electron chi connectivity index (χ4n) is 2.10. The van der Waals surface area contributed by atoms with E-state index in [0.717, 1.165) is 17.7 Å². The van der Waals surface area contributed by atoms with Gasteiger partial charge in [-0.15, -0.1) is 0 Å². The van der Waals surface area contributed by atoms with Crippen molar-refractivity contribution in [1.29, 1.82) is 0 Å². The Morgan fingerprint density at radius 2 is 2.00 bits per heavy atom. The number of aryl methyl sites for hydroxylation is 1. The Kier molecular flexibility index (Phi) is 4.81. The number of hydrogen-bond acceptors (Lipinski definition) is 2. The fourth-order valence-corrected chi connectivity index (χ4v) is 2.42. The molecule has 0 saturated carbocycles. The van der Waals surface area contributed by atoms with E-state index < -0.39 is 0 Å². The van der Waals surface area contributed by atoms with E-state index in [0.29, 0.717) is 16.5 Å². The lowest BCUT2D eigenvalue weighted by Crippen LogP contribution is -2.17. The largest absolute Gasteiger partial charge is 0.322 e. The molecule has 0 aliphatic rings. The number of halogens is 2. The number of nitrogens with zero attached hydrogens (tertiary/aromatic N) is 1. The van der Waals surface area contributed by atoms with Gasteiger partial charge in [0.1, 0.15) is 0 Å². The average Bonchev–Trinajstić information content (AvgIpc) is 2.43. The number of hydrogen-bond donors (Lipinski definition) is 1. The smallest absolute Gasteiger partial charge is 0.0606 e. The summed E-state index contributed by atoms with van der Waals surface area (Å²) in [7, 11) is 0. The second-order valence-electron chi connectivity index (χ2n) is 4.46. The van der Waals surface area contributed by atoms with Gasteiger partial charge in [-0.3, -0.25) is 4.98 Å². The van der Waals surface area contributed by atoms with Gasteiger partial charge in [0.25, 0.3) is 0 Å². The Balaban J connectivity index is 2.20. The van der Waals surface area contributed by atoms with Gasteiger partial charge in [-0.2, -0.15) is 0 Å². The number of benzene rings is 1. The van der Waals surface area contributed by atoms with Gasteiger partial charge in [-0.05, 0) is 42.2 Å². The van der Waals surface area contributed by atoms with E-state index in [1.807, 2.05) is 18.2 Å². The van der Waals surface area contributed by atoms with Crippen LogP contribution < -0.4 is 5.73 Å². The zero-order valence-corrected chi connectivity index (χ0v) is 12.2. The zero-order chi connectivity index (χ0) is 13.8. The number of nitrogens with two attached hydrogens (primary N) is 1. The van der Waals surface area contributed by atoms with Crippen LogP contribution >= 0.6 is 23.2 Å². The van der Waals surface area contributed by atoms with Crippen LogP contribution in [0.5, 0.6) is 0 Å². The van der Waals surface area contributed by atoms with Crippen molar-refractivity contribution in [1.82, 2.24) is 4.98 Å². The molecule has 0 fully saturated rings. The van der Waals surface area contributed by atoms with Crippen molar-refractivity contribution in [2.75, 3.05) is 0 Å². The predicted molar refractivity (Wildman–Crippen MR) is 80.7 cm³/mol. The molecule has 2 aromatic rings. The maximum absolute atomic E-state index is 6.25. The minimum atomic E-state index is -0.131. The van der Waals surface area contributed by atoms with E-state index in [4.69, 9.17) is 28.9 Å². The molecule has 1 aromatic carbocycles. The van der Waals surface area contributed by atoms with Gasteiger partial charge in [-0.25, -0.2) is 0 Å². The van der Waals surface area contributed by atoms with E-state index in [-0.39, 0.29) is 6.04 Å². The van der Waals surface area contributed by atoms with Crippen molar-refractivity contribution < 1.29 is 0 Å². The van der Waals surface area contributed by atoms with Crippen LogP contribution in [-0.4, -0.2) is 4.98 Å². The van der Waals surface area contributed by atoms with Gasteiger partial charge >= 0.3 is 0 Å². The minimum absolute atomic E-state index is 0.131. The second kappa shape index (κ2) is 6.38. The summed E-state index contributed by atoms with van der Waals surface area (Å²) in [6.45, 7) is 2.10. The molecular formula is C15H16Cl2N2. The van der Waals surface area contributed by atoms with E-state index in [2.05, 4.69) is 18.0 Å². The monoisotopic (exact) mass is 294 g/mol. The van der Waals surface area contributed by atoms with E-state index >= 15 is 0 Å². The first-order valence-electron chi connectivity index (χ1n) is 6.25. The highest BCUT2D eigenvalue weighted by molar-refractivity contribution is 6.42. The van der Waals surface area contributed by atoms with Gasteiger partial charge in [-0.1, -0.05) is 42.3 Å². The van der Waals surface area contributed by atoms with E-state index in [1.165, 1.54) is 5.56 Å². The number of aromatic nitrogens is 1. The summed E-state index contributed by atoms with van der Waals surface area (Å²) in [4.78, 5) is 4.40. The molecule has 19 heavy (non-hydrogen) atoms. The maximum atomic E-state index is 6.25. The van der Waals surface area contributed by atoms with Crippen LogP contribution in [-0.2, 0) is 12.8 Å². The Morgan fingerprint density at radius 3 is 2.68 bits per heavy atom. The molecular weight excluding hydrogens is 279 g/mol. The Morgan fingerprint density at radius 1 is 1.21 bits per heavy atom. The Bertz CT molecular complexity index is 570. The van der Waals surface area contributed by atoms with Crippen LogP contribution in [0.3, 0.4) is 0 Å². The third kappa shape index (κ3) is 3.47. The molecule has 0 bridgehead atoms. The molecule has 0 saturated heterocycles. The molecule has 0 amide bonds. The molecule has 1 atom stereocenters. The molecule has 0 spiro atoms. The molecule has 2 nitrogen and oxygen atoms in total. The van der Waals surface area contributed by atoms with Crippen LogP contribution in [0.1, 0.15) is 29.8 Å². The molecule has 4 heteroatoms. The Hall–Kier alpha value is -1.09. The van der Waals surface area contributed by atoms with Gasteiger partial charge in [0.15, 0.2) is 0 Å². The number of rotatable bonds is 4. The normalized spacial score (nSPS) is 12.4. The predicted octanol–water partition coefficient (Wildman–Crippen LogP) is 4.19. The molecule has 0 radical (unpaired) electrons. The van der Waals surface area contributed by atoms with Gasteiger partial charge in [0.05, 0.1) is 21.8 Å². The molecule has 2 rings (SSSR count). The zero-order valence-electron chi connectivity index (χ0n) is 10.7. The Labute approximate surface area is 123 Å². The lowest BCUT2D eigenvalue weighted by molar-refractivity contribution is 0.685. The summed E-state index contributed by atoms with van der Waals surface area (Å²) in [5.41, 5.74) is 9.46. The van der Waals surface area contributed by atoms with Gasteiger partial charge < -0.3 is 5.73 Å². The van der Waals surface area contributed by atoms with Crippen molar-refractivity contribution in [3.8, 4) is 0 Å². The molecule has 0 aliphatic heterocycles. The van der Waals surface area contributed by atoms with Gasteiger partial charge in [0.2, 0.25) is 0 Å². The summed E-state index contributed by atoms with van der Waals surface area (Å²) in [6.07, 6.45) is 3.41. The minimum Gasteiger partial charge on any atom is -0.322 e.